The molecule has 6 rings (SSSR count). The van der Waals surface area contributed by atoms with Crippen molar-refractivity contribution >= 4 is 27.5 Å². The minimum Gasteiger partial charge on any atom is -0.490 e. The highest BCUT2D eigenvalue weighted by Crippen LogP contribution is 2.47. The Morgan fingerprint density at radius 2 is 1.80 bits per heavy atom. The standard InChI is InChI=1S/C40H40FN3O5S/c1-6-17-46-19-20-48-34-23-28(41)12-13-29(34)35-36(26-22-27-25-44(16-14-32(27)42-24-26)39(45)49-40(3,4)5)43-37(31-15-21-50-38(31)35)30-10-8-9-11-33(30)47-18-7-2/h6-13,15,21-24H,1-2,14,16-20,25H2,3-5H3. The number of thiophene rings is 1. The van der Waals surface area contributed by atoms with Gasteiger partial charge >= 0.3 is 6.09 Å². The van der Waals surface area contributed by atoms with Crippen molar-refractivity contribution < 1.29 is 28.1 Å². The van der Waals surface area contributed by atoms with E-state index in [9.17, 15) is 9.18 Å². The van der Waals surface area contributed by atoms with E-state index in [2.05, 4.69) is 13.2 Å². The van der Waals surface area contributed by atoms with Gasteiger partial charge < -0.3 is 23.8 Å². The second kappa shape index (κ2) is 15.2. The Balaban J connectivity index is 1.53. The third-order valence-corrected chi connectivity index (χ3v) is 8.94. The molecule has 0 N–H and O–H groups in total. The molecule has 4 heterocycles. The normalized spacial score (nSPS) is 12.8. The minimum atomic E-state index is -0.610. The average Bonchev–Trinajstić information content (AvgIpc) is 3.59. The zero-order valence-electron chi connectivity index (χ0n) is 28.5. The van der Waals surface area contributed by atoms with Crippen LogP contribution in [0.2, 0.25) is 0 Å². The maximum absolute atomic E-state index is 14.8. The first-order valence-corrected chi connectivity index (χ1v) is 17.4. The topological polar surface area (TPSA) is 83.0 Å². The molecule has 0 saturated heterocycles. The highest BCUT2D eigenvalue weighted by Gasteiger charge is 2.28. The number of benzene rings is 2. The summed E-state index contributed by atoms with van der Waals surface area (Å²) in [6, 6.07) is 16.4. The van der Waals surface area contributed by atoms with Gasteiger partial charge in [0, 0.05) is 63.3 Å². The molecule has 1 aliphatic rings. The molecular formula is C40H40FN3O5S. The molecule has 1 aliphatic heterocycles. The molecule has 10 heteroatoms. The van der Waals surface area contributed by atoms with Crippen LogP contribution in [-0.4, -0.2) is 59.5 Å². The van der Waals surface area contributed by atoms with Crippen LogP contribution in [0.25, 0.3) is 43.7 Å². The van der Waals surface area contributed by atoms with Gasteiger partial charge in [-0.3, -0.25) is 4.98 Å². The van der Waals surface area contributed by atoms with Crippen molar-refractivity contribution in [3.8, 4) is 45.1 Å². The molecule has 8 nitrogen and oxygen atoms in total. The van der Waals surface area contributed by atoms with Gasteiger partial charge in [0.25, 0.3) is 0 Å². The highest BCUT2D eigenvalue weighted by molar-refractivity contribution is 7.18. The van der Waals surface area contributed by atoms with Gasteiger partial charge in [0.2, 0.25) is 0 Å². The van der Waals surface area contributed by atoms with Crippen molar-refractivity contribution in [2.75, 3.05) is 33.0 Å². The quantitative estimate of drug-likeness (QED) is 0.0952. The zero-order chi connectivity index (χ0) is 35.3. The molecule has 0 spiro atoms. The van der Waals surface area contributed by atoms with E-state index in [4.69, 9.17) is 28.9 Å². The summed E-state index contributed by atoms with van der Waals surface area (Å²) < 4.78 is 39.2. The number of pyridine rings is 2. The van der Waals surface area contributed by atoms with Crippen LogP contribution in [0.5, 0.6) is 11.5 Å². The fourth-order valence-corrected chi connectivity index (χ4v) is 6.82. The number of nitrogens with zero attached hydrogens (tertiary/aromatic N) is 3. The lowest BCUT2D eigenvalue weighted by atomic mass is 9.94. The maximum atomic E-state index is 14.8. The summed E-state index contributed by atoms with van der Waals surface area (Å²) in [6.45, 7) is 15.2. The second-order valence-electron chi connectivity index (χ2n) is 12.8. The molecule has 50 heavy (non-hydrogen) atoms. The number of rotatable bonds is 12. The van der Waals surface area contributed by atoms with Crippen LogP contribution >= 0.6 is 11.3 Å². The van der Waals surface area contributed by atoms with Crippen LogP contribution in [0.3, 0.4) is 0 Å². The van der Waals surface area contributed by atoms with Gasteiger partial charge in [0.15, 0.2) is 0 Å². The van der Waals surface area contributed by atoms with Crippen molar-refractivity contribution in [1.29, 1.82) is 0 Å². The van der Waals surface area contributed by atoms with Gasteiger partial charge in [0.1, 0.15) is 36.1 Å². The number of carbonyl (C=O) groups is 1. The third-order valence-electron chi connectivity index (χ3n) is 8.01. The predicted octanol–water partition coefficient (Wildman–Crippen LogP) is 9.27. The molecule has 0 unspecified atom stereocenters. The molecule has 0 bridgehead atoms. The highest BCUT2D eigenvalue weighted by atomic mass is 32.1. The molecule has 2 aromatic carbocycles. The van der Waals surface area contributed by atoms with Gasteiger partial charge in [-0.2, -0.15) is 0 Å². The van der Waals surface area contributed by atoms with Gasteiger partial charge in [-0.1, -0.05) is 30.9 Å². The Morgan fingerprint density at radius 1 is 0.980 bits per heavy atom. The van der Waals surface area contributed by atoms with E-state index in [-0.39, 0.29) is 12.7 Å². The van der Waals surface area contributed by atoms with Crippen LogP contribution in [0.15, 0.2) is 91.5 Å². The number of hydrogen-bond acceptors (Lipinski definition) is 8. The fraction of sp³-hybridized carbons (Fsp3) is 0.275. The van der Waals surface area contributed by atoms with E-state index in [1.54, 1.807) is 34.5 Å². The van der Waals surface area contributed by atoms with Gasteiger partial charge in [-0.15, -0.1) is 17.9 Å². The Bertz CT molecular complexity index is 2040. The number of hydrogen-bond donors (Lipinski definition) is 0. The molecule has 5 aromatic rings. The SMILES string of the molecule is C=CCOCCOc1cc(F)ccc1-c1c(-c2cnc3c(c2)CN(C(=O)OC(C)(C)C)CC3)nc(-c2ccccc2OCC=C)c2ccsc12. The first-order chi connectivity index (χ1) is 24.2. The Hall–Kier alpha value is -5.06. The van der Waals surface area contributed by atoms with Crippen LogP contribution in [0.4, 0.5) is 9.18 Å². The van der Waals surface area contributed by atoms with Crippen molar-refractivity contribution in [2.24, 2.45) is 0 Å². The molecule has 0 aliphatic carbocycles. The van der Waals surface area contributed by atoms with E-state index in [1.807, 2.05) is 68.7 Å². The summed E-state index contributed by atoms with van der Waals surface area (Å²) >= 11 is 1.56. The van der Waals surface area contributed by atoms with Crippen LogP contribution in [0, 0.1) is 5.82 Å². The lowest BCUT2D eigenvalue weighted by Crippen LogP contribution is -2.40. The van der Waals surface area contributed by atoms with Crippen LogP contribution in [-0.2, 0) is 22.4 Å². The number of amides is 1. The maximum Gasteiger partial charge on any atom is 0.410 e. The number of fused-ring (bicyclic) bond motifs is 2. The summed E-state index contributed by atoms with van der Waals surface area (Å²) in [5.74, 6) is 0.623. The van der Waals surface area contributed by atoms with Gasteiger partial charge in [-0.05, 0) is 68.1 Å². The molecule has 0 radical (unpaired) electrons. The average molecular weight is 694 g/mol. The van der Waals surface area contributed by atoms with E-state index in [0.717, 1.165) is 43.7 Å². The fourth-order valence-electron chi connectivity index (χ4n) is 5.86. The molecule has 1 amide bonds. The first kappa shape index (κ1) is 34.8. The summed E-state index contributed by atoms with van der Waals surface area (Å²) in [6.07, 6.45) is 5.43. The lowest BCUT2D eigenvalue weighted by Gasteiger charge is -2.31. The van der Waals surface area contributed by atoms with Crippen molar-refractivity contribution in [2.45, 2.75) is 39.3 Å². The lowest BCUT2D eigenvalue weighted by molar-refractivity contribution is 0.0222. The van der Waals surface area contributed by atoms with Crippen molar-refractivity contribution in [1.82, 2.24) is 14.9 Å². The van der Waals surface area contributed by atoms with Gasteiger partial charge in [-0.25, -0.2) is 14.2 Å². The summed E-state index contributed by atoms with van der Waals surface area (Å²) in [7, 11) is 0. The number of halogens is 1. The largest absolute Gasteiger partial charge is 0.490 e. The van der Waals surface area contributed by atoms with Gasteiger partial charge in [0.05, 0.1) is 31.1 Å². The summed E-state index contributed by atoms with van der Waals surface area (Å²) in [5, 5.41) is 2.93. The first-order valence-electron chi connectivity index (χ1n) is 16.5. The molecule has 0 saturated carbocycles. The smallest absolute Gasteiger partial charge is 0.410 e. The molecule has 3 aromatic heterocycles. The summed E-state index contributed by atoms with van der Waals surface area (Å²) in [5.41, 5.74) is 5.62. The number of carbonyl (C=O) groups excluding carboxylic acids is 1. The van der Waals surface area contributed by atoms with E-state index < -0.39 is 11.4 Å². The second-order valence-corrected chi connectivity index (χ2v) is 13.7. The molecule has 0 fully saturated rings. The monoisotopic (exact) mass is 693 g/mol. The Kier molecular flexibility index (Phi) is 10.6. The summed E-state index contributed by atoms with van der Waals surface area (Å²) in [4.78, 5) is 25.0. The Morgan fingerprint density at radius 3 is 2.60 bits per heavy atom. The molecular weight excluding hydrogens is 654 g/mol. The Labute approximate surface area is 295 Å². The zero-order valence-corrected chi connectivity index (χ0v) is 29.4. The van der Waals surface area contributed by atoms with E-state index >= 15 is 0 Å². The number of para-hydroxylation sites is 1. The number of aromatic nitrogens is 2. The molecule has 0 atom stereocenters. The van der Waals surface area contributed by atoms with Crippen molar-refractivity contribution in [3.63, 3.8) is 0 Å². The minimum absolute atomic E-state index is 0.216. The van der Waals surface area contributed by atoms with E-state index in [0.29, 0.717) is 62.1 Å². The van der Waals surface area contributed by atoms with Crippen molar-refractivity contribution in [3.05, 3.63) is 109 Å². The third kappa shape index (κ3) is 7.72. The molecule has 258 valence electrons. The van der Waals surface area contributed by atoms with Crippen LogP contribution in [0.1, 0.15) is 32.0 Å². The van der Waals surface area contributed by atoms with E-state index in [1.165, 1.54) is 12.1 Å². The predicted molar refractivity (Wildman–Crippen MR) is 196 cm³/mol. The number of ether oxygens (including phenoxy) is 4. The van der Waals surface area contributed by atoms with Crippen LogP contribution < -0.4 is 9.47 Å².